The first-order valence-electron chi connectivity index (χ1n) is 7.37. The number of amides is 3. The fourth-order valence-corrected chi connectivity index (χ4v) is 2.19. The Kier molecular flexibility index (Phi) is 7.07. The van der Waals surface area contributed by atoms with Crippen LogP contribution in [0.25, 0.3) is 0 Å². The second kappa shape index (κ2) is 8.31. The Morgan fingerprint density at radius 3 is 2.43 bits per heavy atom. The minimum atomic E-state index is -0.464. The van der Waals surface area contributed by atoms with Crippen LogP contribution in [-0.4, -0.2) is 66.4 Å². The highest BCUT2D eigenvalue weighted by Crippen LogP contribution is 2.13. The van der Waals surface area contributed by atoms with Crippen LogP contribution in [-0.2, 0) is 9.53 Å². The Bertz CT molecular complexity index is 347. The molecular weight excluding hydrogens is 274 g/mol. The van der Waals surface area contributed by atoms with Gasteiger partial charge in [0.2, 0.25) is 5.91 Å². The van der Waals surface area contributed by atoms with Gasteiger partial charge in [-0.05, 0) is 33.6 Å². The first-order valence-corrected chi connectivity index (χ1v) is 7.37. The monoisotopic (exact) mass is 301 g/mol. The highest BCUT2D eigenvalue weighted by Gasteiger charge is 2.22. The quantitative estimate of drug-likeness (QED) is 0.669. The minimum absolute atomic E-state index is 0.0332. The molecule has 0 atom stereocenters. The molecule has 3 amide bonds. The molecule has 0 unspecified atom stereocenters. The molecule has 0 radical (unpaired) electrons. The van der Waals surface area contributed by atoms with Crippen LogP contribution in [0, 0.1) is 0 Å². The number of rotatable bonds is 5. The lowest BCUT2D eigenvalue weighted by Crippen LogP contribution is -2.51. The van der Waals surface area contributed by atoms with E-state index in [0.29, 0.717) is 6.61 Å². The average molecular weight is 301 g/mol. The van der Waals surface area contributed by atoms with Gasteiger partial charge < -0.3 is 15.2 Å². The summed E-state index contributed by atoms with van der Waals surface area (Å²) in [4.78, 5) is 25.4. The van der Waals surface area contributed by atoms with Gasteiger partial charge in [-0.25, -0.2) is 4.79 Å². The van der Waals surface area contributed by atoms with E-state index in [0.717, 1.165) is 25.9 Å². The summed E-state index contributed by atoms with van der Waals surface area (Å²) in [5.41, 5.74) is -0.368. The number of aliphatic hydroxyl groups excluding tert-OH is 1. The Hall–Kier alpha value is -1.18. The molecule has 3 N–H and O–H groups in total. The molecule has 0 spiro atoms. The standard InChI is InChI=1S/C14H27N3O4/c1-14(2,3)16-13(20)15-12(19)10-17-6-4-11(5-7-17)21-9-8-18/h11,18H,4-10H2,1-3H3,(H2,15,16,19,20). The number of ether oxygens (including phenoxy) is 1. The van der Waals surface area contributed by atoms with Crippen LogP contribution in [0.4, 0.5) is 4.79 Å². The summed E-state index contributed by atoms with van der Waals surface area (Å²) in [6.45, 7) is 7.68. The van der Waals surface area contributed by atoms with Gasteiger partial charge in [0.15, 0.2) is 0 Å². The molecule has 1 aliphatic heterocycles. The van der Waals surface area contributed by atoms with Crippen LogP contribution in [0.3, 0.4) is 0 Å². The lowest BCUT2D eigenvalue weighted by Gasteiger charge is -2.31. The van der Waals surface area contributed by atoms with Gasteiger partial charge in [0.05, 0.1) is 25.9 Å². The van der Waals surface area contributed by atoms with Crippen molar-refractivity contribution in [1.82, 2.24) is 15.5 Å². The lowest BCUT2D eigenvalue weighted by molar-refractivity contribution is -0.121. The van der Waals surface area contributed by atoms with E-state index in [-0.39, 0.29) is 30.7 Å². The third kappa shape index (κ3) is 7.99. The predicted octanol–water partition coefficient (Wildman–Crippen LogP) is 0.0840. The van der Waals surface area contributed by atoms with Gasteiger partial charge >= 0.3 is 6.03 Å². The van der Waals surface area contributed by atoms with Gasteiger partial charge in [0.25, 0.3) is 0 Å². The second-order valence-electron chi connectivity index (χ2n) is 6.32. The van der Waals surface area contributed by atoms with Crippen molar-refractivity contribution in [1.29, 1.82) is 0 Å². The topological polar surface area (TPSA) is 90.9 Å². The zero-order valence-corrected chi connectivity index (χ0v) is 13.1. The number of urea groups is 1. The number of carbonyl (C=O) groups is 2. The number of piperidine rings is 1. The van der Waals surface area contributed by atoms with Crippen molar-refractivity contribution in [3.63, 3.8) is 0 Å². The molecular formula is C14H27N3O4. The Morgan fingerprint density at radius 1 is 1.29 bits per heavy atom. The van der Waals surface area contributed by atoms with E-state index in [2.05, 4.69) is 10.6 Å². The summed E-state index contributed by atoms with van der Waals surface area (Å²) in [5, 5.41) is 13.7. The number of hydrogen-bond acceptors (Lipinski definition) is 5. The largest absolute Gasteiger partial charge is 0.394 e. The third-order valence-corrected chi connectivity index (χ3v) is 3.09. The summed E-state index contributed by atoms with van der Waals surface area (Å²) in [6.07, 6.45) is 1.82. The van der Waals surface area contributed by atoms with Crippen molar-refractivity contribution in [3.05, 3.63) is 0 Å². The van der Waals surface area contributed by atoms with E-state index in [1.165, 1.54) is 0 Å². The van der Waals surface area contributed by atoms with E-state index in [1.807, 2.05) is 25.7 Å². The van der Waals surface area contributed by atoms with Crippen molar-refractivity contribution < 1.29 is 19.4 Å². The number of likely N-dealkylation sites (tertiary alicyclic amines) is 1. The number of imide groups is 1. The Balaban J connectivity index is 2.23. The molecule has 0 aromatic carbocycles. The molecule has 0 bridgehead atoms. The van der Waals surface area contributed by atoms with Gasteiger partial charge in [-0.2, -0.15) is 0 Å². The molecule has 1 heterocycles. The van der Waals surface area contributed by atoms with Crippen molar-refractivity contribution in [2.45, 2.75) is 45.3 Å². The van der Waals surface area contributed by atoms with Crippen LogP contribution in [0.2, 0.25) is 0 Å². The maximum Gasteiger partial charge on any atom is 0.321 e. The normalized spacial score (nSPS) is 17.5. The summed E-state index contributed by atoms with van der Waals surface area (Å²) in [7, 11) is 0. The molecule has 1 fully saturated rings. The highest BCUT2D eigenvalue weighted by molar-refractivity contribution is 5.95. The molecule has 1 aliphatic rings. The number of carbonyl (C=O) groups excluding carboxylic acids is 2. The maximum atomic E-state index is 11.8. The van der Waals surface area contributed by atoms with Crippen molar-refractivity contribution >= 4 is 11.9 Å². The summed E-state index contributed by atoms with van der Waals surface area (Å²) in [5.74, 6) is -0.300. The molecule has 1 saturated heterocycles. The summed E-state index contributed by atoms with van der Waals surface area (Å²) in [6, 6.07) is -0.464. The molecule has 0 aromatic rings. The van der Waals surface area contributed by atoms with Crippen LogP contribution in [0.1, 0.15) is 33.6 Å². The van der Waals surface area contributed by atoms with Crippen molar-refractivity contribution in [3.8, 4) is 0 Å². The van der Waals surface area contributed by atoms with Crippen LogP contribution in [0.15, 0.2) is 0 Å². The first kappa shape index (κ1) is 17.9. The SMILES string of the molecule is CC(C)(C)NC(=O)NC(=O)CN1CCC(OCCO)CC1. The molecule has 0 aliphatic carbocycles. The summed E-state index contributed by atoms with van der Waals surface area (Å²) >= 11 is 0. The zero-order valence-electron chi connectivity index (χ0n) is 13.1. The fourth-order valence-electron chi connectivity index (χ4n) is 2.19. The molecule has 7 nitrogen and oxygen atoms in total. The lowest BCUT2D eigenvalue weighted by atomic mass is 10.1. The van der Waals surface area contributed by atoms with E-state index in [9.17, 15) is 9.59 Å². The Morgan fingerprint density at radius 2 is 1.90 bits per heavy atom. The van der Waals surface area contributed by atoms with Crippen molar-refractivity contribution in [2.75, 3.05) is 32.8 Å². The molecule has 0 saturated carbocycles. The predicted molar refractivity (Wildman–Crippen MR) is 78.9 cm³/mol. The van der Waals surface area contributed by atoms with E-state index in [1.54, 1.807) is 0 Å². The minimum Gasteiger partial charge on any atom is -0.394 e. The fraction of sp³-hybridized carbons (Fsp3) is 0.857. The van der Waals surface area contributed by atoms with Crippen molar-refractivity contribution in [2.24, 2.45) is 0 Å². The van der Waals surface area contributed by atoms with Gasteiger partial charge in [0, 0.05) is 18.6 Å². The van der Waals surface area contributed by atoms with Crippen LogP contribution < -0.4 is 10.6 Å². The first-order chi connectivity index (χ1) is 9.80. The molecule has 0 aromatic heterocycles. The van der Waals surface area contributed by atoms with Gasteiger partial charge in [-0.1, -0.05) is 0 Å². The third-order valence-electron chi connectivity index (χ3n) is 3.09. The van der Waals surface area contributed by atoms with Crippen LogP contribution >= 0.6 is 0 Å². The smallest absolute Gasteiger partial charge is 0.321 e. The molecule has 122 valence electrons. The number of nitrogens with zero attached hydrogens (tertiary/aromatic N) is 1. The van der Waals surface area contributed by atoms with Gasteiger partial charge in [-0.3, -0.25) is 15.0 Å². The van der Waals surface area contributed by atoms with Gasteiger partial charge in [0.1, 0.15) is 0 Å². The average Bonchev–Trinajstić information content (AvgIpc) is 2.35. The summed E-state index contributed by atoms with van der Waals surface area (Å²) < 4.78 is 5.46. The Labute approximate surface area is 126 Å². The van der Waals surface area contributed by atoms with Gasteiger partial charge in [-0.15, -0.1) is 0 Å². The molecule has 21 heavy (non-hydrogen) atoms. The second-order valence-corrected chi connectivity index (χ2v) is 6.32. The van der Waals surface area contributed by atoms with E-state index < -0.39 is 6.03 Å². The number of hydrogen-bond donors (Lipinski definition) is 3. The highest BCUT2D eigenvalue weighted by atomic mass is 16.5. The van der Waals surface area contributed by atoms with E-state index in [4.69, 9.17) is 9.84 Å². The maximum absolute atomic E-state index is 11.8. The zero-order chi connectivity index (χ0) is 15.9. The number of aliphatic hydroxyl groups is 1. The van der Waals surface area contributed by atoms with Crippen LogP contribution in [0.5, 0.6) is 0 Å². The molecule has 1 rings (SSSR count). The number of nitrogens with one attached hydrogen (secondary N) is 2. The van der Waals surface area contributed by atoms with E-state index >= 15 is 0 Å². The molecule has 7 heteroatoms.